The minimum absolute atomic E-state index is 0.0297. The van der Waals surface area contributed by atoms with E-state index in [9.17, 15) is 43.2 Å². The van der Waals surface area contributed by atoms with Crippen LogP contribution in [-0.2, 0) is 46.7 Å². The van der Waals surface area contributed by atoms with Crippen LogP contribution in [0.15, 0.2) is 83.6 Å². The summed E-state index contributed by atoms with van der Waals surface area (Å²) in [6, 6.07) is 10.3. The Kier molecular flexibility index (Phi) is 22.7. The number of rotatable bonds is 27. The SMILES string of the molecule is CCCN(CCI)C(=O)C1=Cc2ccc(C(=O)Nc3cncc(CNC(=O)OCc4ccc(NC(=O)C(CCCNC(N)=O)NC(=O)C(NC(=O)CCCCCN5C(=O)C=CC5=O)C(C)C)cc4)c3)cc2N=C(N)C1. The predicted molar refractivity (Wildman–Crippen MR) is 290 cm³/mol. The number of hydrogen-bond donors (Lipinski definition) is 8. The van der Waals surface area contributed by atoms with E-state index in [1.807, 2.05) is 11.8 Å². The number of nitrogens with one attached hydrogen (secondary N) is 6. The molecular weight excluding hydrogens is 1080 g/mol. The Morgan fingerprint density at radius 1 is 0.840 bits per heavy atom. The second-order valence-electron chi connectivity index (χ2n) is 18.1. The maximum absolute atomic E-state index is 13.6. The number of alkyl carbamates (subject to hydrolysis) is 1. The van der Waals surface area contributed by atoms with Crippen LogP contribution in [-0.4, -0.2) is 117 Å². The molecule has 2 atom stereocenters. The first-order valence-corrected chi connectivity index (χ1v) is 26.2. The van der Waals surface area contributed by atoms with Gasteiger partial charge in [0.1, 0.15) is 24.5 Å². The van der Waals surface area contributed by atoms with Crippen molar-refractivity contribution in [1.82, 2.24) is 36.1 Å². The van der Waals surface area contributed by atoms with Crippen LogP contribution < -0.4 is 43.4 Å². The standard InChI is InChI=1S/C52H65IN12O10/c1-4-21-64(23-19-53)50(72)37-25-35-13-14-36(26-41(35)61-42(54)27-37)47(69)60-39-24-34(28-56-30-39)29-58-52(74)75-31-33-11-15-38(16-12-33)59-48(70)40(9-8-20-57-51(55)73)62-49(71)46(32(2)3)63-43(66)10-6-5-7-22-65-44(67)17-18-45(65)68/h11-18,24-26,28,30,32,40,46H,4-10,19-23,27,29,31H2,1-3H3,(H2,54,61)(H,58,74)(H,59,70)(H,60,69)(H,62,71)(H,63,66)(H3,55,57,73). The Morgan fingerprint density at radius 3 is 2.28 bits per heavy atom. The van der Waals surface area contributed by atoms with Gasteiger partial charge in [-0.1, -0.05) is 68.0 Å². The fourth-order valence-electron chi connectivity index (χ4n) is 7.92. The van der Waals surface area contributed by atoms with Gasteiger partial charge in [0.15, 0.2) is 0 Å². The molecule has 0 radical (unpaired) electrons. The van der Waals surface area contributed by atoms with E-state index in [0.717, 1.165) is 15.7 Å². The molecule has 5 rings (SSSR count). The molecule has 0 spiro atoms. The van der Waals surface area contributed by atoms with Crippen LogP contribution in [0.2, 0.25) is 0 Å². The Hall–Kier alpha value is -7.70. The lowest BCUT2D eigenvalue weighted by atomic mass is 10.0. The summed E-state index contributed by atoms with van der Waals surface area (Å²) in [7, 11) is 0. The fraction of sp³-hybridized carbons (Fsp3) is 0.404. The normalized spacial score (nSPS) is 13.6. The highest BCUT2D eigenvalue weighted by Gasteiger charge is 2.29. The molecule has 0 bridgehead atoms. The number of hydrogen-bond acceptors (Lipinski definition) is 13. The number of benzene rings is 2. The fourth-order valence-corrected chi connectivity index (χ4v) is 8.50. The molecule has 1 aromatic heterocycles. The molecule has 0 fully saturated rings. The smallest absolute Gasteiger partial charge is 0.407 e. The topological polar surface area (TPSA) is 319 Å². The number of amides is 10. The number of ether oxygens (including phenoxy) is 1. The molecule has 400 valence electrons. The first-order valence-electron chi connectivity index (χ1n) is 24.7. The molecule has 10 N–H and O–H groups in total. The molecule has 0 saturated carbocycles. The van der Waals surface area contributed by atoms with E-state index in [2.05, 4.69) is 64.5 Å². The van der Waals surface area contributed by atoms with Crippen LogP contribution in [0.1, 0.15) is 99.2 Å². The van der Waals surface area contributed by atoms with Gasteiger partial charge in [-0.15, -0.1) is 0 Å². The molecular formula is C52H65IN12O10. The molecule has 23 heteroatoms. The third-order valence-corrected chi connectivity index (χ3v) is 12.3. The number of nitrogens with zero attached hydrogens (tertiary/aromatic N) is 4. The lowest BCUT2D eigenvalue weighted by molar-refractivity contribution is -0.137. The summed E-state index contributed by atoms with van der Waals surface area (Å²) in [5.74, 6) is -2.84. The monoisotopic (exact) mass is 1140 g/mol. The average molecular weight is 1150 g/mol. The van der Waals surface area contributed by atoms with Crippen LogP contribution in [0.5, 0.6) is 0 Å². The molecule has 2 unspecified atom stereocenters. The molecule has 22 nitrogen and oxygen atoms in total. The van der Waals surface area contributed by atoms with Crippen LogP contribution in [0.4, 0.5) is 26.7 Å². The number of nitrogens with two attached hydrogens (primary N) is 2. The molecule has 3 aromatic rings. The summed E-state index contributed by atoms with van der Waals surface area (Å²) >= 11 is 2.25. The molecule has 0 saturated heterocycles. The van der Waals surface area contributed by atoms with Gasteiger partial charge in [0.2, 0.25) is 23.6 Å². The van der Waals surface area contributed by atoms with E-state index in [-0.39, 0.29) is 87.3 Å². The van der Waals surface area contributed by atoms with Crippen molar-refractivity contribution < 1.29 is 47.9 Å². The highest BCUT2D eigenvalue weighted by atomic mass is 127. The van der Waals surface area contributed by atoms with Crippen LogP contribution in [0, 0.1) is 5.92 Å². The Bertz CT molecular complexity index is 2650. The summed E-state index contributed by atoms with van der Waals surface area (Å²) in [5.41, 5.74) is 15.3. The van der Waals surface area contributed by atoms with Crippen molar-refractivity contribution in [2.75, 3.05) is 41.2 Å². The van der Waals surface area contributed by atoms with Gasteiger partial charge in [-0.3, -0.25) is 43.4 Å². The minimum Gasteiger partial charge on any atom is -0.445 e. The number of carbonyl (C=O) groups excluding carboxylic acids is 9. The Morgan fingerprint density at radius 2 is 1.59 bits per heavy atom. The van der Waals surface area contributed by atoms with Crippen molar-refractivity contribution in [3.05, 3.63) is 101 Å². The van der Waals surface area contributed by atoms with E-state index in [1.54, 1.807) is 68.5 Å². The quantitative estimate of drug-likeness (QED) is 0.0223. The molecule has 2 aliphatic heterocycles. The lowest BCUT2D eigenvalue weighted by Crippen LogP contribution is -2.54. The van der Waals surface area contributed by atoms with Gasteiger partial charge in [0.05, 0.1) is 17.6 Å². The zero-order chi connectivity index (χ0) is 54.4. The molecule has 2 aromatic carbocycles. The van der Waals surface area contributed by atoms with E-state index >= 15 is 0 Å². The summed E-state index contributed by atoms with van der Waals surface area (Å²) < 4.78 is 6.20. The number of fused-ring (bicyclic) bond motifs is 1. The van der Waals surface area contributed by atoms with E-state index in [1.165, 1.54) is 24.5 Å². The summed E-state index contributed by atoms with van der Waals surface area (Å²) in [6.45, 7) is 7.10. The van der Waals surface area contributed by atoms with Crippen molar-refractivity contribution >= 4 is 105 Å². The Labute approximate surface area is 448 Å². The predicted octanol–water partition coefficient (Wildman–Crippen LogP) is 4.71. The van der Waals surface area contributed by atoms with Crippen molar-refractivity contribution in [1.29, 1.82) is 0 Å². The first-order chi connectivity index (χ1) is 35.9. The lowest BCUT2D eigenvalue weighted by Gasteiger charge is -2.25. The third kappa shape index (κ3) is 18.6. The largest absolute Gasteiger partial charge is 0.445 e. The number of alkyl halides is 1. The summed E-state index contributed by atoms with van der Waals surface area (Å²) in [4.78, 5) is 126. The number of aliphatic imine (C=N–C) groups is 1. The maximum Gasteiger partial charge on any atom is 0.407 e. The van der Waals surface area contributed by atoms with Crippen molar-refractivity contribution in [2.45, 2.75) is 97.4 Å². The van der Waals surface area contributed by atoms with Gasteiger partial charge < -0.3 is 53.0 Å². The number of imide groups is 1. The van der Waals surface area contributed by atoms with Gasteiger partial charge in [0.25, 0.3) is 17.7 Å². The second-order valence-corrected chi connectivity index (χ2v) is 19.2. The minimum atomic E-state index is -1.07. The Balaban J connectivity index is 1.09. The number of anilines is 2. The van der Waals surface area contributed by atoms with Crippen LogP contribution in [0.25, 0.3) is 6.08 Å². The van der Waals surface area contributed by atoms with Crippen molar-refractivity contribution in [2.24, 2.45) is 22.4 Å². The highest BCUT2D eigenvalue weighted by Crippen LogP contribution is 2.29. The molecule has 10 amide bonds. The third-order valence-electron chi connectivity index (χ3n) is 11.8. The van der Waals surface area contributed by atoms with Crippen molar-refractivity contribution in [3.8, 4) is 0 Å². The number of pyridine rings is 1. The molecule has 75 heavy (non-hydrogen) atoms. The highest BCUT2D eigenvalue weighted by molar-refractivity contribution is 14.1. The van der Waals surface area contributed by atoms with E-state index < -0.39 is 41.9 Å². The van der Waals surface area contributed by atoms with Gasteiger partial charge in [-0.05, 0) is 85.6 Å². The van der Waals surface area contributed by atoms with Gasteiger partial charge in [-0.2, -0.15) is 0 Å². The number of aromatic nitrogens is 1. The van der Waals surface area contributed by atoms with Gasteiger partial charge in [-0.25, -0.2) is 14.6 Å². The van der Waals surface area contributed by atoms with E-state index in [4.69, 9.17) is 16.2 Å². The number of amidine groups is 1. The summed E-state index contributed by atoms with van der Waals surface area (Å²) in [6.07, 6.45) is 9.57. The van der Waals surface area contributed by atoms with Gasteiger partial charge >= 0.3 is 12.1 Å². The number of carbonyl (C=O) groups is 9. The number of primary amides is 1. The molecule has 0 aliphatic carbocycles. The van der Waals surface area contributed by atoms with E-state index in [0.29, 0.717) is 77.2 Å². The zero-order valence-electron chi connectivity index (χ0n) is 42.2. The van der Waals surface area contributed by atoms with Crippen LogP contribution in [0.3, 0.4) is 0 Å². The second kappa shape index (κ2) is 29.3. The molecule has 3 heterocycles. The van der Waals surface area contributed by atoms with Crippen molar-refractivity contribution in [3.63, 3.8) is 0 Å². The number of unbranched alkanes of at least 4 members (excludes halogenated alkanes) is 2. The first kappa shape index (κ1) is 58.2. The van der Waals surface area contributed by atoms with Crippen LogP contribution >= 0.6 is 22.6 Å². The number of halogens is 1. The zero-order valence-corrected chi connectivity index (χ0v) is 44.4. The maximum atomic E-state index is 13.6. The average Bonchev–Trinajstić information content (AvgIpc) is 3.59. The molecule has 2 aliphatic rings. The number of urea groups is 1. The van der Waals surface area contributed by atoms with Gasteiger partial charge in [0, 0.05) is 90.7 Å². The summed E-state index contributed by atoms with van der Waals surface area (Å²) in [5, 5.41) is 16.2.